The number of nitrogen functional groups attached to an aromatic ring is 1. The Kier molecular flexibility index (Phi) is 5.89. The molecule has 28 heavy (non-hydrogen) atoms. The van der Waals surface area contributed by atoms with E-state index in [4.69, 9.17) is 24.7 Å². The van der Waals surface area contributed by atoms with E-state index < -0.39 is 42.4 Å². The number of esters is 3. The van der Waals surface area contributed by atoms with Crippen LogP contribution in [0.1, 0.15) is 20.8 Å². The van der Waals surface area contributed by atoms with Crippen LogP contribution in [0, 0.1) is 0 Å². The molecule has 1 saturated heterocycles. The van der Waals surface area contributed by atoms with Gasteiger partial charge in [0.15, 0.2) is 24.3 Å². The predicted molar refractivity (Wildman–Crippen MR) is 96.0 cm³/mol. The first kappa shape index (κ1) is 20.1. The molecular formula is C16H20N4O7S. The smallest absolute Gasteiger partial charge is 0.303 e. The van der Waals surface area contributed by atoms with E-state index in [1.165, 1.54) is 32.5 Å². The van der Waals surface area contributed by atoms with Crippen LogP contribution in [0.5, 0.6) is 0 Å². The minimum atomic E-state index is -0.959. The van der Waals surface area contributed by atoms with E-state index in [1.54, 1.807) is 11.1 Å². The molecule has 0 amide bonds. The topological polar surface area (TPSA) is 143 Å². The molecule has 0 saturated carbocycles. The molecule has 0 spiro atoms. The van der Waals surface area contributed by atoms with Gasteiger partial charge in [0.1, 0.15) is 12.7 Å². The van der Waals surface area contributed by atoms with E-state index in [0.29, 0.717) is 11.7 Å². The number of nitrogens with two attached hydrogens (primary N) is 1. The molecule has 3 heterocycles. The lowest BCUT2D eigenvalue weighted by Crippen LogP contribution is -2.47. The van der Waals surface area contributed by atoms with Crippen molar-refractivity contribution in [1.82, 2.24) is 9.97 Å². The van der Waals surface area contributed by atoms with Crippen LogP contribution in [-0.2, 0) is 33.3 Å². The van der Waals surface area contributed by atoms with Crippen molar-refractivity contribution in [3.05, 3.63) is 6.20 Å². The third-order valence-electron chi connectivity index (χ3n) is 4.03. The Balaban J connectivity index is 1.92. The molecule has 0 bridgehead atoms. The van der Waals surface area contributed by atoms with Crippen LogP contribution >= 0.6 is 11.8 Å². The van der Waals surface area contributed by atoms with Crippen LogP contribution in [0.2, 0.25) is 0 Å². The highest BCUT2D eigenvalue weighted by molar-refractivity contribution is 7.99. The van der Waals surface area contributed by atoms with E-state index in [1.807, 2.05) is 0 Å². The van der Waals surface area contributed by atoms with Gasteiger partial charge in [-0.25, -0.2) is 4.98 Å². The number of ether oxygens (including phenoxy) is 4. The maximum Gasteiger partial charge on any atom is 0.303 e. The lowest BCUT2D eigenvalue weighted by atomic mass is 10.1. The van der Waals surface area contributed by atoms with Gasteiger partial charge in [-0.1, -0.05) is 11.8 Å². The van der Waals surface area contributed by atoms with Gasteiger partial charge in [0.2, 0.25) is 5.95 Å². The molecule has 4 atom stereocenters. The molecule has 0 radical (unpaired) electrons. The molecule has 2 aliphatic heterocycles. The second kappa shape index (κ2) is 8.19. The lowest BCUT2D eigenvalue weighted by molar-refractivity contribution is -0.165. The average Bonchev–Trinajstić information content (AvgIpc) is 3.14. The first-order valence-electron chi connectivity index (χ1n) is 8.41. The number of carbonyl (C=O) groups excluding carboxylic acids is 3. The van der Waals surface area contributed by atoms with Crippen LogP contribution in [0.25, 0.3) is 0 Å². The van der Waals surface area contributed by atoms with E-state index in [0.717, 1.165) is 4.90 Å². The molecule has 1 fully saturated rings. The van der Waals surface area contributed by atoms with Crippen LogP contribution in [0.4, 0.5) is 11.8 Å². The third-order valence-corrected chi connectivity index (χ3v) is 5.04. The Morgan fingerprint density at radius 1 is 1.21 bits per heavy atom. The summed E-state index contributed by atoms with van der Waals surface area (Å²) in [6.07, 6.45) is -1.96. The summed E-state index contributed by atoms with van der Waals surface area (Å²) < 4.78 is 21.8. The molecule has 1 aromatic heterocycles. The summed E-state index contributed by atoms with van der Waals surface area (Å²) in [5.74, 6) is -0.626. The Morgan fingerprint density at radius 3 is 2.54 bits per heavy atom. The fourth-order valence-corrected chi connectivity index (χ4v) is 3.99. The van der Waals surface area contributed by atoms with Crippen molar-refractivity contribution in [1.29, 1.82) is 0 Å². The fraction of sp³-hybridized carbons (Fsp3) is 0.562. The second-order valence-electron chi connectivity index (χ2n) is 6.18. The van der Waals surface area contributed by atoms with Gasteiger partial charge in [-0.05, 0) is 0 Å². The first-order valence-corrected chi connectivity index (χ1v) is 9.40. The first-order chi connectivity index (χ1) is 13.3. The van der Waals surface area contributed by atoms with Gasteiger partial charge in [0, 0.05) is 27.0 Å². The number of aromatic nitrogens is 2. The van der Waals surface area contributed by atoms with Crippen molar-refractivity contribution >= 4 is 41.4 Å². The summed E-state index contributed by atoms with van der Waals surface area (Å²) in [5, 5.41) is 0. The molecule has 1 aromatic rings. The van der Waals surface area contributed by atoms with Gasteiger partial charge >= 0.3 is 17.9 Å². The van der Waals surface area contributed by atoms with E-state index in [2.05, 4.69) is 9.97 Å². The third kappa shape index (κ3) is 4.28. The number of hydrogen-bond acceptors (Lipinski definition) is 12. The minimum absolute atomic E-state index is 0.0845. The maximum absolute atomic E-state index is 11.7. The predicted octanol–water partition coefficient (Wildman–Crippen LogP) is 0.0798. The van der Waals surface area contributed by atoms with Crippen LogP contribution in [-0.4, -0.2) is 64.9 Å². The van der Waals surface area contributed by atoms with Gasteiger partial charge in [-0.3, -0.25) is 14.4 Å². The molecule has 2 N–H and O–H groups in total. The average molecular weight is 412 g/mol. The van der Waals surface area contributed by atoms with E-state index in [9.17, 15) is 14.4 Å². The zero-order valence-electron chi connectivity index (χ0n) is 15.5. The SMILES string of the molecule is CC(=O)OC[C@H]1O[C@@H](N2CSc3cnc(N)nc32)[C@H](OC(C)=O)[C@@H]1OC(C)=O. The van der Waals surface area contributed by atoms with E-state index in [-0.39, 0.29) is 12.6 Å². The molecule has 11 nitrogen and oxygen atoms in total. The number of fused-ring (bicyclic) bond motifs is 1. The Morgan fingerprint density at radius 2 is 1.89 bits per heavy atom. The number of rotatable bonds is 5. The molecule has 0 aliphatic carbocycles. The summed E-state index contributed by atoms with van der Waals surface area (Å²) in [4.78, 5) is 45.2. The molecule has 152 valence electrons. The highest BCUT2D eigenvalue weighted by atomic mass is 32.2. The van der Waals surface area contributed by atoms with Gasteiger partial charge in [-0.15, -0.1) is 0 Å². The second-order valence-corrected chi connectivity index (χ2v) is 7.16. The van der Waals surface area contributed by atoms with Crippen molar-refractivity contribution in [2.45, 2.75) is 50.2 Å². The van der Waals surface area contributed by atoms with E-state index >= 15 is 0 Å². The standard InChI is InChI=1S/C16H20N4O7S/c1-7(21)24-5-10-12(25-8(2)22)13(26-9(3)23)15(27-10)20-6-28-11-4-18-16(17)19-14(11)20/h4,10,12-13,15H,5-6H2,1-3H3,(H2,17,18,19)/t10-,12-,13-,15-/m1/s1. The number of hydrogen-bond donors (Lipinski definition) is 1. The van der Waals surface area contributed by atoms with Gasteiger partial charge < -0.3 is 29.6 Å². The molecule has 0 aromatic carbocycles. The van der Waals surface area contributed by atoms with Gasteiger partial charge in [0.25, 0.3) is 0 Å². The summed E-state index contributed by atoms with van der Waals surface area (Å²) >= 11 is 1.46. The largest absolute Gasteiger partial charge is 0.463 e. The monoisotopic (exact) mass is 412 g/mol. The maximum atomic E-state index is 11.7. The highest BCUT2D eigenvalue weighted by Crippen LogP contribution is 2.41. The molecule has 3 rings (SSSR count). The van der Waals surface area contributed by atoms with Crippen LogP contribution < -0.4 is 10.6 Å². The Labute approximate surface area is 164 Å². The van der Waals surface area contributed by atoms with Crippen molar-refractivity contribution in [2.24, 2.45) is 0 Å². The van der Waals surface area contributed by atoms with Crippen molar-refractivity contribution < 1.29 is 33.3 Å². The molecule has 12 heteroatoms. The Bertz CT molecular complexity index is 792. The van der Waals surface area contributed by atoms with Crippen molar-refractivity contribution in [2.75, 3.05) is 23.1 Å². The normalized spacial score (nSPS) is 25.9. The van der Waals surface area contributed by atoms with Gasteiger partial charge in [-0.2, -0.15) is 4.98 Å². The Hall–Kier alpha value is -2.60. The summed E-state index contributed by atoms with van der Waals surface area (Å²) in [6, 6.07) is 0. The molecule has 0 unspecified atom stereocenters. The quantitative estimate of drug-likeness (QED) is 0.516. The lowest BCUT2D eigenvalue weighted by Gasteiger charge is -2.29. The number of carbonyl (C=O) groups is 3. The number of nitrogens with zero attached hydrogens (tertiary/aromatic N) is 3. The molecule has 2 aliphatic rings. The summed E-state index contributed by atoms with van der Waals surface area (Å²) in [5.41, 5.74) is 5.70. The highest BCUT2D eigenvalue weighted by Gasteiger charge is 2.53. The minimum Gasteiger partial charge on any atom is -0.463 e. The van der Waals surface area contributed by atoms with Gasteiger partial charge in [0.05, 0.1) is 10.8 Å². The van der Waals surface area contributed by atoms with Crippen LogP contribution in [0.15, 0.2) is 11.1 Å². The zero-order valence-corrected chi connectivity index (χ0v) is 16.3. The van der Waals surface area contributed by atoms with Crippen LogP contribution in [0.3, 0.4) is 0 Å². The fourth-order valence-electron chi connectivity index (χ4n) is 3.02. The number of anilines is 2. The zero-order chi connectivity index (χ0) is 20.4. The summed E-state index contributed by atoms with van der Waals surface area (Å²) in [7, 11) is 0. The number of thioether (sulfide) groups is 1. The molecular weight excluding hydrogens is 392 g/mol. The van der Waals surface area contributed by atoms with Crippen molar-refractivity contribution in [3.63, 3.8) is 0 Å². The van der Waals surface area contributed by atoms with Crippen molar-refractivity contribution in [3.8, 4) is 0 Å². The summed E-state index contributed by atoms with van der Waals surface area (Å²) in [6.45, 7) is 3.56.